The van der Waals surface area contributed by atoms with Gasteiger partial charge in [-0.2, -0.15) is 0 Å². The monoisotopic (exact) mass is 480 g/mol. The van der Waals surface area contributed by atoms with Crippen LogP contribution in [0.1, 0.15) is 40.0 Å². The number of nitrogens with zero attached hydrogens (tertiary/aromatic N) is 2. The molecule has 0 aliphatic heterocycles. The molecule has 0 radical (unpaired) electrons. The highest BCUT2D eigenvalue weighted by Crippen LogP contribution is 2.25. The van der Waals surface area contributed by atoms with Crippen LogP contribution in [0.5, 0.6) is 11.5 Å². The molecule has 3 rings (SSSR count). The van der Waals surface area contributed by atoms with Crippen molar-refractivity contribution in [1.82, 2.24) is 20.2 Å². The Morgan fingerprint density at radius 2 is 1.91 bits per heavy atom. The SMILES string of the molecule is CCCC(CCOc1ccc2nc(-c3cccc(OC)c3)n(CC(=O)NC(C)C)c(=O)c2c1)NC. The van der Waals surface area contributed by atoms with Crippen molar-refractivity contribution in [3.05, 3.63) is 52.8 Å². The van der Waals surface area contributed by atoms with E-state index in [1.165, 1.54) is 4.57 Å². The van der Waals surface area contributed by atoms with Crippen LogP contribution in [0.15, 0.2) is 47.3 Å². The van der Waals surface area contributed by atoms with E-state index in [2.05, 4.69) is 17.6 Å². The third kappa shape index (κ3) is 6.82. The smallest absolute Gasteiger partial charge is 0.262 e. The maximum atomic E-state index is 13.6. The average Bonchev–Trinajstić information content (AvgIpc) is 2.84. The van der Waals surface area contributed by atoms with Crippen LogP contribution in [0, 0.1) is 0 Å². The van der Waals surface area contributed by atoms with E-state index in [1.54, 1.807) is 25.3 Å². The van der Waals surface area contributed by atoms with Gasteiger partial charge in [0.05, 0.1) is 24.6 Å². The van der Waals surface area contributed by atoms with Gasteiger partial charge in [0.2, 0.25) is 5.91 Å². The van der Waals surface area contributed by atoms with Crippen molar-refractivity contribution in [3.63, 3.8) is 0 Å². The van der Waals surface area contributed by atoms with Gasteiger partial charge < -0.3 is 20.1 Å². The lowest BCUT2D eigenvalue weighted by molar-refractivity contribution is -0.122. The average molecular weight is 481 g/mol. The summed E-state index contributed by atoms with van der Waals surface area (Å²) >= 11 is 0. The van der Waals surface area contributed by atoms with E-state index >= 15 is 0 Å². The Balaban J connectivity index is 2.00. The van der Waals surface area contributed by atoms with Crippen LogP contribution in [0.25, 0.3) is 22.3 Å². The molecule has 1 aromatic heterocycles. The van der Waals surface area contributed by atoms with Gasteiger partial charge in [-0.3, -0.25) is 14.2 Å². The molecule has 0 fully saturated rings. The first-order valence-electron chi connectivity index (χ1n) is 12.1. The van der Waals surface area contributed by atoms with Gasteiger partial charge in [0.1, 0.15) is 23.9 Å². The first kappa shape index (κ1) is 26.2. The summed E-state index contributed by atoms with van der Waals surface area (Å²) in [6, 6.07) is 13.0. The molecule has 0 aliphatic carbocycles. The molecule has 188 valence electrons. The highest BCUT2D eigenvalue weighted by atomic mass is 16.5. The number of benzene rings is 2. The van der Waals surface area contributed by atoms with Crippen LogP contribution in [0.3, 0.4) is 0 Å². The Morgan fingerprint density at radius 1 is 1.11 bits per heavy atom. The Bertz CT molecular complexity index is 1210. The maximum Gasteiger partial charge on any atom is 0.262 e. The minimum atomic E-state index is -0.295. The summed E-state index contributed by atoms with van der Waals surface area (Å²) in [4.78, 5) is 31.0. The van der Waals surface area contributed by atoms with Gasteiger partial charge in [-0.05, 0) is 64.1 Å². The molecule has 8 nitrogen and oxygen atoms in total. The molecule has 0 saturated carbocycles. The van der Waals surface area contributed by atoms with Gasteiger partial charge in [0, 0.05) is 17.6 Å². The molecule has 8 heteroatoms. The summed E-state index contributed by atoms with van der Waals surface area (Å²) in [6.07, 6.45) is 3.05. The summed E-state index contributed by atoms with van der Waals surface area (Å²) in [6.45, 7) is 6.32. The number of hydrogen-bond acceptors (Lipinski definition) is 6. The fourth-order valence-corrected chi connectivity index (χ4v) is 4.03. The number of methoxy groups -OCH3 is 1. The summed E-state index contributed by atoms with van der Waals surface area (Å²) in [5.74, 6) is 1.40. The second-order valence-electron chi connectivity index (χ2n) is 8.87. The second kappa shape index (κ2) is 12.4. The number of carbonyl (C=O) groups is 1. The summed E-state index contributed by atoms with van der Waals surface area (Å²) in [5.41, 5.74) is 0.936. The normalized spacial score (nSPS) is 12.1. The number of hydrogen-bond donors (Lipinski definition) is 2. The maximum absolute atomic E-state index is 13.6. The number of fused-ring (bicyclic) bond motifs is 1. The highest BCUT2D eigenvalue weighted by Gasteiger charge is 2.17. The lowest BCUT2D eigenvalue weighted by atomic mass is 10.1. The van der Waals surface area contributed by atoms with Gasteiger partial charge in [-0.15, -0.1) is 0 Å². The Kier molecular flexibility index (Phi) is 9.25. The van der Waals surface area contributed by atoms with Crippen LogP contribution in [0.2, 0.25) is 0 Å². The topological polar surface area (TPSA) is 94.5 Å². The predicted molar refractivity (Wildman–Crippen MR) is 139 cm³/mol. The second-order valence-corrected chi connectivity index (χ2v) is 8.87. The van der Waals surface area contributed by atoms with E-state index in [9.17, 15) is 9.59 Å². The minimum absolute atomic E-state index is 0.0407. The lowest BCUT2D eigenvalue weighted by Gasteiger charge is -2.17. The van der Waals surface area contributed by atoms with E-state index in [0.717, 1.165) is 19.3 Å². The van der Waals surface area contributed by atoms with Crippen LogP contribution < -0.4 is 25.7 Å². The van der Waals surface area contributed by atoms with E-state index in [1.807, 2.05) is 45.2 Å². The molecule has 2 aromatic carbocycles. The molecule has 3 aromatic rings. The van der Waals surface area contributed by atoms with Gasteiger partial charge in [0.25, 0.3) is 5.56 Å². The van der Waals surface area contributed by atoms with E-state index in [-0.39, 0.29) is 24.1 Å². The predicted octanol–water partition coefficient (Wildman–Crippen LogP) is 3.75. The van der Waals surface area contributed by atoms with Crippen molar-refractivity contribution >= 4 is 16.8 Å². The molecule has 0 bridgehead atoms. The number of carbonyl (C=O) groups excluding carboxylic acids is 1. The first-order valence-corrected chi connectivity index (χ1v) is 12.1. The summed E-state index contributed by atoms with van der Waals surface area (Å²) in [7, 11) is 3.54. The van der Waals surface area contributed by atoms with E-state index < -0.39 is 0 Å². The van der Waals surface area contributed by atoms with Gasteiger partial charge in [-0.25, -0.2) is 4.98 Å². The summed E-state index contributed by atoms with van der Waals surface area (Å²) < 4.78 is 12.7. The summed E-state index contributed by atoms with van der Waals surface area (Å²) in [5, 5.41) is 6.57. The molecule has 35 heavy (non-hydrogen) atoms. The highest BCUT2D eigenvalue weighted by molar-refractivity contribution is 5.83. The molecule has 1 atom stereocenters. The number of rotatable bonds is 12. The fourth-order valence-electron chi connectivity index (χ4n) is 4.03. The largest absolute Gasteiger partial charge is 0.497 e. The molecule has 0 aliphatic rings. The Labute approximate surface area is 206 Å². The van der Waals surface area contributed by atoms with Crippen LogP contribution in [-0.2, 0) is 11.3 Å². The Hall–Kier alpha value is -3.39. The number of nitrogens with one attached hydrogen (secondary N) is 2. The van der Waals surface area contributed by atoms with Crippen molar-refractivity contribution in [3.8, 4) is 22.9 Å². The third-order valence-corrected chi connectivity index (χ3v) is 5.79. The van der Waals surface area contributed by atoms with Gasteiger partial charge >= 0.3 is 0 Å². The molecular weight excluding hydrogens is 444 g/mol. The number of aromatic nitrogens is 2. The van der Waals surface area contributed by atoms with Crippen LogP contribution in [-0.4, -0.2) is 48.3 Å². The molecular formula is C27H36N4O4. The van der Waals surface area contributed by atoms with Crippen molar-refractivity contribution < 1.29 is 14.3 Å². The quantitative estimate of drug-likeness (QED) is 0.410. The zero-order valence-corrected chi connectivity index (χ0v) is 21.3. The number of amides is 1. The van der Waals surface area contributed by atoms with Gasteiger partial charge in [0.15, 0.2) is 0 Å². The number of ether oxygens (including phenoxy) is 2. The van der Waals surface area contributed by atoms with Crippen molar-refractivity contribution in [1.29, 1.82) is 0 Å². The van der Waals surface area contributed by atoms with Crippen LogP contribution in [0.4, 0.5) is 0 Å². The fraction of sp³-hybridized carbons (Fsp3) is 0.444. The molecule has 0 spiro atoms. The molecule has 2 N–H and O–H groups in total. The standard InChI is InChI=1S/C27H36N4O4/c1-6-8-20(28-4)13-14-35-22-11-12-24-23(16-22)27(33)31(17-25(32)29-18(2)3)26(30-24)19-9-7-10-21(15-19)34-5/h7,9-12,15-16,18,20,28H,6,8,13-14,17H2,1-5H3,(H,29,32). The first-order chi connectivity index (χ1) is 16.9. The third-order valence-electron chi connectivity index (χ3n) is 5.79. The van der Waals surface area contributed by atoms with Crippen molar-refractivity contribution in [2.75, 3.05) is 20.8 Å². The van der Waals surface area contributed by atoms with Gasteiger partial charge in [-0.1, -0.05) is 25.5 Å². The zero-order chi connectivity index (χ0) is 25.4. The van der Waals surface area contributed by atoms with Crippen molar-refractivity contribution in [2.24, 2.45) is 0 Å². The van der Waals surface area contributed by atoms with Crippen LogP contribution >= 0.6 is 0 Å². The molecule has 0 saturated heterocycles. The molecule has 1 unspecified atom stereocenters. The van der Waals surface area contributed by atoms with E-state index in [0.29, 0.717) is 46.4 Å². The Morgan fingerprint density at radius 3 is 2.60 bits per heavy atom. The lowest BCUT2D eigenvalue weighted by Crippen LogP contribution is -2.37. The molecule has 1 amide bonds. The minimum Gasteiger partial charge on any atom is -0.497 e. The molecule has 1 heterocycles. The van der Waals surface area contributed by atoms with E-state index in [4.69, 9.17) is 14.5 Å². The van der Waals surface area contributed by atoms with Crippen molar-refractivity contribution in [2.45, 2.75) is 58.7 Å². The zero-order valence-electron chi connectivity index (χ0n) is 21.3.